The van der Waals surface area contributed by atoms with Crippen molar-refractivity contribution in [2.75, 3.05) is 0 Å². The van der Waals surface area contributed by atoms with Crippen molar-refractivity contribution < 1.29 is 0 Å². The molecule has 0 saturated carbocycles. The fourth-order valence-electron chi connectivity index (χ4n) is 3.46. The maximum absolute atomic E-state index is 5.05. The maximum atomic E-state index is 5.05. The van der Waals surface area contributed by atoms with Crippen molar-refractivity contribution in [2.45, 2.75) is 32.2 Å². The molecule has 0 radical (unpaired) electrons. The van der Waals surface area contributed by atoms with Crippen molar-refractivity contribution in [3.63, 3.8) is 0 Å². The van der Waals surface area contributed by atoms with Crippen LogP contribution >= 0.6 is 12.2 Å². The summed E-state index contributed by atoms with van der Waals surface area (Å²) in [6, 6.07) is 16.5. The molecule has 0 saturated heterocycles. The molecule has 0 aliphatic carbocycles. The summed E-state index contributed by atoms with van der Waals surface area (Å²) >= 11 is 5.05. The van der Waals surface area contributed by atoms with Gasteiger partial charge in [0.15, 0.2) is 5.82 Å². The number of hydrogen-bond acceptors (Lipinski definition) is 6. The Balaban J connectivity index is 1.58. The largest absolute Gasteiger partial charge is 0.245 e. The van der Waals surface area contributed by atoms with Crippen LogP contribution in [-0.2, 0) is 6.54 Å². The summed E-state index contributed by atoms with van der Waals surface area (Å²) in [5.74, 6) is 1.94. The van der Waals surface area contributed by atoms with Gasteiger partial charge in [-0.2, -0.15) is 5.10 Å². The van der Waals surface area contributed by atoms with Gasteiger partial charge in [0.25, 0.3) is 0 Å². The number of thiocarbonyl (C=S) groups is 1. The molecule has 0 aliphatic rings. The van der Waals surface area contributed by atoms with Gasteiger partial charge in [-0.1, -0.05) is 67.7 Å². The van der Waals surface area contributed by atoms with Crippen molar-refractivity contribution in [3.8, 4) is 22.5 Å². The van der Waals surface area contributed by atoms with Crippen LogP contribution < -0.4 is 0 Å². The smallest absolute Gasteiger partial charge is 0.180 e. The number of aromatic nitrogens is 7. The second-order valence-electron chi connectivity index (χ2n) is 6.78. The van der Waals surface area contributed by atoms with Gasteiger partial charge in [0, 0.05) is 11.5 Å². The first-order chi connectivity index (χ1) is 14.3. The lowest BCUT2D eigenvalue weighted by Crippen LogP contribution is -2.11. The van der Waals surface area contributed by atoms with E-state index in [1.165, 1.54) is 0 Å². The molecule has 8 heteroatoms. The zero-order valence-electron chi connectivity index (χ0n) is 16.1. The van der Waals surface area contributed by atoms with E-state index in [0.717, 1.165) is 40.9 Å². The third-order valence-corrected chi connectivity index (χ3v) is 5.20. The van der Waals surface area contributed by atoms with Crippen LogP contribution in [-0.4, -0.2) is 40.8 Å². The van der Waals surface area contributed by atoms with E-state index < -0.39 is 0 Å². The first-order valence-corrected chi connectivity index (χ1v) is 10.0. The van der Waals surface area contributed by atoms with Crippen LogP contribution in [0.5, 0.6) is 0 Å². The molecule has 7 nitrogen and oxygen atoms in total. The number of aromatic amines is 1. The fraction of sp³-hybridized carbons (Fsp3) is 0.238. The SMILES string of the molecule is CCC(CC=S)c1ncnn1Cc1ccc(-c2ccccc2-c2nnn[nH]2)cc1. The highest BCUT2D eigenvalue weighted by Gasteiger charge is 2.16. The predicted molar refractivity (Wildman–Crippen MR) is 115 cm³/mol. The van der Waals surface area contributed by atoms with Crippen LogP contribution in [0.25, 0.3) is 22.5 Å². The molecule has 4 aromatic rings. The Morgan fingerprint density at radius 1 is 1.10 bits per heavy atom. The Labute approximate surface area is 174 Å². The molecule has 29 heavy (non-hydrogen) atoms. The van der Waals surface area contributed by atoms with Crippen molar-refractivity contribution in [3.05, 3.63) is 66.2 Å². The van der Waals surface area contributed by atoms with E-state index in [4.69, 9.17) is 12.2 Å². The van der Waals surface area contributed by atoms with Crippen LogP contribution in [0.15, 0.2) is 54.9 Å². The molecule has 0 fully saturated rings. The highest BCUT2D eigenvalue weighted by molar-refractivity contribution is 7.78. The zero-order valence-corrected chi connectivity index (χ0v) is 16.9. The fourth-order valence-corrected chi connectivity index (χ4v) is 3.69. The maximum Gasteiger partial charge on any atom is 0.180 e. The number of nitrogens with one attached hydrogen (secondary N) is 1. The summed E-state index contributed by atoms with van der Waals surface area (Å²) in [6.45, 7) is 2.83. The molecule has 2 aromatic carbocycles. The Kier molecular flexibility index (Phi) is 5.81. The van der Waals surface area contributed by atoms with E-state index in [1.807, 2.05) is 22.9 Å². The van der Waals surface area contributed by atoms with Crippen LogP contribution in [0.2, 0.25) is 0 Å². The molecule has 0 bridgehead atoms. The minimum atomic E-state index is 0.302. The van der Waals surface area contributed by atoms with Crippen LogP contribution in [0.1, 0.15) is 37.1 Å². The van der Waals surface area contributed by atoms with E-state index >= 15 is 0 Å². The van der Waals surface area contributed by atoms with E-state index in [-0.39, 0.29) is 0 Å². The summed E-state index contributed by atoms with van der Waals surface area (Å²) < 4.78 is 1.97. The Morgan fingerprint density at radius 3 is 2.59 bits per heavy atom. The van der Waals surface area contributed by atoms with Crippen LogP contribution in [0.4, 0.5) is 0 Å². The average Bonchev–Trinajstić information content (AvgIpc) is 3.45. The Bertz CT molecular complexity index is 1070. The summed E-state index contributed by atoms with van der Waals surface area (Å²) in [6.07, 6.45) is 3.44. The quantitative estimate of drug-likeness (QED) is 0.447. The van der Waals surface area contributed by atoms with Gasteiger partial charge in [-0.05, 0) is 45.3 Å². The topological polar surface area (TPSA) is 85.2 Å². The number of nitrogens with zero attached hydrogens (tertiary/aromatic N) is 6. The molecule has 1 atom stereocenters. The average molecular weight is 404 g/mol. The minimum Gasteiger partial charge on any atom is -0.245 e. The molecule has 0 amide bonds. The second kappa shape index (κ2) is 8.83. The normalized spacial score (nSPS) is 12.0. The van der Waals surface area contributed by atoms with Gasteiger partial charge in [0.05, 0.1) is 6.54 Å². The Hall–Kier alpha value is -3.26. The van der Waals surface area contributed by atoms with Crippen molar-refractivity contribution >= 4 is 17.6 Å². The van der Waals surface area contributed by atoms with Gasteiger partial charge in [-0.3, -0.25) is 0 Å². The summed E-state index contributed by atoms with van der Waals surface area (Å²) in [7, 11) is 0. The first kappa shape index (κ1) is 19.1. The van der Waals surface area contributed by atoms with E-state index in [9.17, 15) is 0 Å². The highest BCUT2D eigenvalue weighted by atomic mass is 32.1. The lowest BCUT2D eigenvalue weighted by atomic mass is 9.98. The van der Waals surface area contributed by atoms with Crippen molar-refractivity contribution in [2.24, 2.45) is 0 Å². The molecular formula is C21H21N7S. The third-order valence-electron chi connectivity index (χ3n) is 5.01. The summed E-state index contributed by atoms with van der Waals surface area (Å²) in [5, 5.41) is 20.5. The minimum absolute atomic E-state index is 0.302. The zero-order chi connectivity index (χ0) is 20.1. The second-order valence-corrected chi connectivity index (χ2v) is 7.11. The highest BCUT2D eigenvalue weighted by Crippen LogP contribution is 2.30. The van der Waals surface area contributed by atoms with Gasteiger partial charge in [0.2, 0.25) is 0 Å². The number of benzene rings is 2. The monoisotopic (exact) mass is 403 g/mol. The molecule has 0 spiro atoms. The number of tetrazole rings is 1. The van der Waals surface area contributed by atoms with E-state index in [1.54, 1.807) is 11.7 Å². The lowest BCUT2D eigenvalue weighted by Gasteiger charge is -2.14. The van der Waals surface area contributed by atoms with Gasteiger partial charge < -0.3 is 0 Å². The van der Waals surface area contributed by atoms with Gasteiger partial charge in [-0.15, -0.1) is 5.10 Å². The molecule has 146 valence electrons. The van der Waals surface area contributed by atoms with E-state index in [0.29, 0.717) is 18.3 Å². The van der Waals surface area contributed by atoms with Crippen molar-refractivity contribution in [1.29, 1.82) is 0 Å². The number of H-pyrrole nitrogens is 1. The number of rotatable bonds is 8. The third kappa shape index (κ3) is 4.12. The van der Waals surface area contributed by atoms with Crippen LogP contribution in [0, 0.1) is 0 Å². The van der Waals surface area contributed by atoms with Crippen molar-refractivity contribution in [1.82, 2.24) is 35.4 Å². The molecule has 2 heterocycles. The molecular weight excluding hydrogens is 382 g/mol. The molecule has 0 aliphatic heterocycles. The molecule has 1 N–H and O–H groups in total. The Morgan fingerprint density at radius 2 is 1.90 bits per heavy atom. The number of hydrogen-bond donors (Lipinski definition) is 1. The van der Waals surface area contributed by atoms with Gasteiger partial charge >= 0.3 is 0 Å². The van der Waals surface area contributed by atoms with Gasteiger partial charge in [-0.25, -0.2) is 14.8 Å². The predicted octanol–water partition coefficient (Wildman–Crippen LogP) is 4.06. The van der Waals surface area contributed by atoms with Gasteiger partial charge in [0.1, 0.15) is 12.2 Å². The molecule has 2 aromatic heterocycles. The summed E-state index contributed by atoms with van der Waals surface area (Å²) in [5.41, 5.74) is 4.31. The lowest BCUT2D eigenvalue weighted by molar-refractivity contribution is 0.563. The molecule has 1 unspecified atom stereocenters. The summed E-state index contributed by atoms with van der Waals surface area (Å²) in [4.78, 5) is 4.47. The first-order valence-electron chi connectivity index (χ1n) is 9.54. The van der Waals surface area contributed by atoms with E-state index in [2.05, 4.69) is 68.0 Å². The molecule has 4 rings (SSSR count). The standard InChI is InChI=1S/C21H21N7S/c1-2-16(11-12-29)21-22-14-23-28(21)13-15-7-9-17(10-8-15)18-5-3-4-6-19(18)20-24-26-27-25-20/h3-10,12,14,16H,2,11,13H2,1H3,(H,24,25,26,27). The van der Waals surface area contributed by atoms with Crippen LogP contribution in [0.3, 0.4) is 0 Å².